The molecular weight excluding hydrogens is 524 g/mol. The summed E-state index contributed by atoms with van der Waals surface area (Å²) in [5.41, 5.74) is 1.84. The molecule has 216 valence electrons. The van der Waals surface area contributed by atoms with Crippen molar-refractivity contribution >= 4 is 40.2 Å². The van der Waals surface area contributed by atoms with Crippen LogP contribution in [0.3, 0.4) is 0 Å². The van der Waals surface area contributed by atoms with Crippen molar-refractivity contribution in [1.82, 2.24) is 25.4 Å². The molecule has 2 heterocycles. The summed E-state index contributed by atoms with van der Waals surface area (Å²) in [5.74, 6) is -2.12. The first kappa shape index (κ1) is 29.5. The zero-order valence-corrected chi connectivity index (χ0v) is 23.1. The lowest BCUT2D eigenvalue weighted by Crippen LogP contribution is -2.52. The number of anilines is 1. The number of fused-ring (bicyclic) bond motifs is 1. The van der Waals surface area contributed by atoms with Crippen LogP contribution in [0.5, 0.6) is 0 Å². The number of carbonyl (C=O) groups is 4. The molecule has 0 bridgehead atoms. The number of likely N-dealkylation sites (tertiary alicyclic amines) is 1. The van der Waals surface area contributed by atoms with E-state index in [2.05, 4.69) is 20.9 Å². The Balaban J connectivity index is 1.48. The molecule has 1 fully saturated rings. The maximum absolute atomic E-state index is 13.2. The molecule has 0 aliphatic carbocycles. The van der Waals surface area contributed by atoms with Crippen LogP contribution in [0.2, 0.25) is 0 Å². The molecule has 4 rings (SSSR count). The van der Waals surface area contributed by atoms with Gasteiger partial charge in [-0.15, -0.1) is 0 Å². The van der Waals surface area contributed by atoms with E-state index in [4.69, 9.17) is 0 Å². The summed E-state index contributed by atoms with van der Waals surface area (Å²) in [6.07, 6.45) is 4.98. The number of pyridine rings is 1. The summed E-state index contributed by atoms with van der Waals surface area (Å²) in [4.78, 5) is 57.1. The predicted molar refractivity (Wildman–Crippen MR) is 155 cm³/mol. The molecule has 3 aromatic rings. The summed E-state index contributed by atoms with van der Waals surface area (Å²) >= 11 is 0. The van der Waals surface area contributed by atoms with E-state index in [1.54, 1.807) is 24.5 Å². The third kappa shape index (κ3) is 8.49. The van der Waals surface area contributed by atoms with E-state index < -0.39 is 17.9 Å². The Morgan fingerprint density at radius 1 is 1.07 bits per heavy atom. The van der Waals surface area contributed by atoms with Crippen molar-refractivity contribution in [2.75, 3.05) is 38.0 Å². The van der Waals surface area contributed by atoms with E-state index in [0.29, 0.717) is 19.6 Å². The SMILES string of the molecule is CC(=O)NC[C@H](NC(=O)CN(Cc1cccc2ccccc12)C[C@@H]1CCCN1C(=O)CNc1ccncc1)C(=O)O. The lowest BCUT2D eigenvalue weighted by atomic mass is 10.0. The van der Waals surface area contributed by atoms with Crippen LogP contribution in [0.25, 0.3) is 10.8 Å². The van der Waals surface area contributed by atoms with E-state index in [1.807, 2.05) is 52.3 Å². The van der Waals surface area contributed by atoms with Crippen molar-refractivity contribution in [2.45, 2.75) is 38.4 Å². The Kier molecular flexibility index (Phi) is 10.2. The topological polar surface area (TPSA) is 144 Å². The second kappa shape index (κ2) is 14.2. The van der Waals surface area contributed by atoms with Gasteiger partial charge in [-0.1, -0.05) is 42.5 Å². The second-order valence-corrected chi connectivity index (χ2v) is 10.2. The minimum atomic E-state index is -1.25. The van der Waals surface area contributed by atoms with E-state index in [9.17, 15) is 24.3 Å². The molecule has 2 aromatic carbocycles. The van der Waals surface area contributed by atoms with Gasteiger partial charge in [-0.3, -0.25) is 24.3 Å². The first-order valence-electron chi connectivity index (χ1n) is 13.7. The van der Waals surface area contributed by atoms with Gasteiger partial charge in [0.15, 0.2) is 0 Å². The van der Waals surface area contributed by atoms with Crippen molar-refractivity contribution in [3.63, 3.8) is 0 Å². The molecule has 2 atom stereocenters. The highest BCUT2D eigenvalue weighted by Gasteiger charge is 2.31. The van der Waals surface area contributed by atoms with Crippen LogP contribution >= 0.6 is 0 Å². The number of aliphatic carboxylic acids is 1. The van der Waals surface area contributed by atoms with Crippen molar-refractivity contribution in [3.05, 3.63) is 72.6 Å². The minimum Gasteiger partial charge on any atom is -0.480 e. The highest BCUT2D eigenvalue weighted by Crippen LogP contribution is 2.23. The van der Waals surface area contributed by atoms with Gasteiger partial charge in [-0.2, -0.15) is 0 Å². The van der Waals surface area contributed by atoms with Gasteiger partial charge < -0.3 is 26.0 Å². The number of amides is 3. The Hall–Kier alpha value is -4.51. The molecule has 0 unspecified atom stereocenters. The van der Waals surface area contributed by atoms with Gasteiger partial charge in [0.2, 0.25) is 17.7 Å². The largest absolute Gasteiger partial charge is 0.480 e. The summed E-state index contributed by atoms with van der Waals surface area (Å²) in [6.45, 7) is 2.67. The Morgan fingerprint density at radius 2 is 1.83 bits per heavy atom. The lowest BCUT2D eigenvalue weighted by molar-refractivity contribution is -0.142. The monoisotopic (exact) mass is 560 g/mol. The molecule has 11 heteroatoms. The third-order valence-electron chi connectivity index (χ3n) is 7.12. The van der Waals surface area contributed by atoms with E-state index in [0.717, 1.165) is 34.9 Å². The van der Waals surface area contributed by atoms with Gasteiger partial charge >= 0.3 is 5.97 Å². The zero-order chi connectivity index (χ0) is 29.2. The molecule has 3 amide bonds. The summed E-state index contributed by atoms with van der Waals surface area (Å²) < 4.78 is 0. The van der Waals surface area contributed by atoms with Gasteiger partial charge in [0.05, 0.1) is 13.1 Å². The fourth-order valence-corrected chi connectivity index (χ4v) is 5.15. The molecule has 4 N–H and O–H groups in total. The number of benzene rings is 2. The minimum absolute atomic E-state index is 0.0277. The van der Waals surface area contributed by atoms with Gasteiger partial charge in [-0.25, -0.2) is 4.79 Å². The van der Waals surface area contributed by atoms with Crippen LogP contribution < -0.4 is 16.0 Å². The Morgan fingerprint density at radius 3 is 2.59 bits per heavy atom. The fourth-order valence-electron chi connectivity index (χ4n) is 5.15. The highest BCUT2D eigenvalue weighted by molar-refractivity contribution is 5.87. The summed E-state index contributed by atoms with van der Waals surface area (Å²) in [6, 6.07) is 16.3. The van der Waals surface area contributed by atoms with Gasteiger partial charge in [0.25, 0.3) is 0 Å². The van der Waals surface area contributed by atoms with Crippen LogP contribution in [-0.4, -0.2) is 88.4 Å². The number of hydrogen-bond donors (Lipinski definition) is 4. The normalized spacial score (nSPS) is 15.5. The highest BCUT2D eigenvalue weighted by atomic mass is 16.4. The number of hydrogen-bond acceptors (Lipinski definition) is 7. The number of carbonyl (C=O) groups excluding carboxylic acids is 3. The first-order chi connectivity index (χ1) is 19.8. The molecular formula is C30H36N6O5. The van der Waals surface area contributed by atoms with Gasteiger partial charge in [0.1, 0.15) is 6.04 Å². The molecule has 1 aliphatic heterocycles. The molecule has 11 nitrogen and oxygen atoms in total. The summed E-state index contributed by atoms with van der Waals surface area (Å²) in [5, 5.41) is 19.8. The van der Waals surface area contributed by atoms with Crippen LogP contribution in [0.15, 0.2) is 67.0 Å². The van der Waals surface area contributed by atoms with Crippen LogP contribution in [-0.2, 0) is 25.7 Å². The van der Waals surface area contributed by atoms with E-state index in [-0.39, 0.29) is 37.5 Å². The van der Waals surface area contributed by atoms with Gasteiger partial charge in [0, 0.05) is 57.2 Å². The third-order valence-corrected chi connectivity index (χ3v) is 7.12. The molecule has 1 aromatic heterocycles. The fraction of sp³-hybridized carbons (Fsp3) is 0.367. The molecule has 1 saturated heterocycles. The van der Waals surface area contributed by atoms with Crippen LogP contribution in [0, 0.1) is 0 Å². The van der Waals surface area contributed by atoms with Crippen LogP contribution in [0.1, 0.15) is 25.3 Å². The number of nitrogens with one attached hydrogen (secondary N) is 3. The Labute approximate surface area is 238 Å². The molecule has 0 spiro atoms. The number of carboxylic acids is 1. The second-order valence-electron chi connectivity index (χ2n) is 10.2. The molecule has 1 aliphatic rings. The average Bonchev–Trinajstić information content (AvgIpc) is 3.42. The maximum atomic E-state index is 13.2. The van der Waals surface area contributed by atoms with Crippen LogP contribution in [0.4, 0.5) is 5.69 Å². The van der Waals surface area contributed by atoms with Crippen molar-refractivity contribution in [2.24, 2.45) is 0 Å². The number of nitrogens with zero attached hydrogens (tertiary/aromatic N) is 3. The summed E-state index contributed by atoms with van der Waals surface area (Å²) in [7, 11) is 0. The average molecular weight is 561 g/mol. The first-order valence-corrected chi connectivity index (χ1v) is 13.7. The van der Waals surface area contributed by atoms with Crippen molar-refractivity contribution < 1.29 is 24.3 Å². The number of rotatable bonds is 13. The molecule has 41 heavy (non-hydrogen) atoms. The zero-order valence-electron chi connectivity index (χ0n) is 23.1. The quantitative estimate of drug-likeness (QED) is 0.248. The maximum Gasteiger partial charge on any atom is 0.328 e. The van der Waals surface area contributed by atoms with E-state index in [1.165, 1.54) is 6.92 Å². The molecule has 0 saturated carbocycles. The smallest absolute Gasteiger partial charge is 0.328 e. The Bertz CT molecular complexity index is 1360. The predicted octanol–water partition coefficient (Wildman–Crippen LogP) is 1.85. The van der Waals surface area contributed by atoms with Crippen molar-refractivity contribution in [3.8, 4) is 0 Å². The number of aromatic nitrogens is 1. The lowest BCUT2D eigenvalue weighted by Gasteiger charge is -2.31. The van der Waals surface area contributed by atoms with Gasteiger partial charge in [-0.05, 0) is 41.3 Å². The molecule has 0 radical (unpaired) electrons. The van der Waals surface area contributed by atoms with E-state index >= 15 is 0 Å². The number of carboxylic acid groups (broad SMARTS) is 1. The standard InChI is InChI=1S/C30H36N6O5/c1-21(37)32-16-27(30(40)41)34-28(38)20-35(18-23-8-4-7-22-6-2-3-10-26(22)23)19-25-9-5-15-36(25)29(39)17-33-24-11-13-31-14-12-24/h2-4,6-8,10-14,25,27H,5,9,15-20H2,1H3,(H,31,33)(H,32,37)(H,34,38)(H,40,41)/t25-,27-/m0/s1. The van der Waals surface area contributed by atoms with Crippen molar-refractivity contribution in [1.29, 1.82) is 0 Å².